The van der Waals surface area contributed by atoms with Crippen molar-refractivity contribution in [3.8, 4) is 17.0 Å². The third-order valence-corrected chi connectivity index (χ3v) is 5.47. The van der Waals surface area contributed by atoms with Crippen molar-refractivity contribution in [3.05, 3.63) is 51.3 Å². The Morgan fingerprint density at radius 1 is 1.34 bits per heavy atom. The Hall–Kier alpha value is -2.94. The Bertz CT molecular complexity index is 1110. The van der Waals surface area contributed by atoms with E-state index < -0.39 is 17.8 Å². The summed E-state index contributed by atoms with van der Waals surface area (Å²) in [5.74, 6) is 0.516. The maximum atomic E-state index is 14.7. The van der Waals surface area contributed by atoms with Crippen molar-refractivity contribution in [2.45, 2.75) is 26.1 Å². The Morgan fingerprint density at radius 2 is 2.14 bits per heavy atom. The number of nitrogens with one attached hydrogen (secondary N) is 1. The number of alkyl halides is 1. The minimum Gasteiger partial charge on any atom is -0.485 e. The lowest BCUT2D eigenvalue weighted by atomic mass is 10.1. The molecule has 0 aromatic carbocycles. The summed E-state index contributed by atoms with van der Waals surface area (Å²) in [6.07, 6.45) is 1.09. The first-order valence-corrected chi connectivity index (χ1v) is 9.48. The van der Waals surface area contributed by atoms with Gasteiger partial charge in [-0.1, -0.05) is 11.6 Å². The number of pyridine rings is 1. The SMILES string of the molecule is Cc1nn(C)c(C)c1-c1cc(O[C@H]2CN(c3cn[nH]c(=O)c3Cl)C[C@@H]2F)ccn1. The van der Waals surface area contributed by atoms with E-state index >= 15 is 0 Å². The van der Waals surface area contributed by atoms with Crippen molar-refractivity contribution >= 4 is 17.3 Å². The van der Waals surface area contributed by atoms with Crippen molar-refractivity contribution in [2.75, 3.05) is 18.0 Å². The molecule has 29 heavy (non-hydrogen) atoms. The second kappa shape index (κ2) is 7.47. The van der Waals surface area contributed by atoms with Gasteiger partial charge in [-0.3, -0.25) is 14.5 Å². The third-order valence-electron chi connectivity index (χ3n) is 5.10. The first-order chi connectivity index (χ1) is 13.8. The zero-order valence-electron chi connectivity index (χ0n) is 16.2. The van der Waals surface area contributed by atoms with Gasteiger partial charge in [0.2, 0.25) is 0 Å². The molecule has 152 valence electrons. The summed E-state index contributed by atoms with van der Waals surface area (Å²) in [6, 6.07) is 3.48. The molecule has 1 fully saturated rings. The highest BCUT2D eigenvalue weighted by Crippen LogP contribution is 2.31. The molecule has 3 aromatic rings. The molecule has 8 nitrogen and oxygen atoms in total. The maximum absolute atomic E-state index is 14.7. The molecule has 1 aliphatic heterocycles. The van der Waals surface area contributed by atoms with Crippen LogP contribution in [0.1, 0.15) is 11.4 Å². The van der Waals surface area contributed by atoms with Crippen molar-refractivity contribution in [2.24, 2.45) is 7.05 Å². The predicted octanol–water partition coefficient (Wildman–Crippen LogP) is 2.44. The van der Waals surface area contributed by atoms with Crippen molar-refractivity contribution in [3.63, 3.8) is 0 Å². The number of anilines is 1. The van der Waals surface area contributed by atoms with E-state index in [1.165, 1.54) is 6.20 Å². The Labute approximate surface area is 171 Å². The number of hydrogen-bond acceptors (Lipinski definition) is 6. The Morgan fingerprint density at radius 3 is 2.86 bits per heavy atom. The Balaban J connectivity index is 1.55. The molecule has 0 unspecified atom stereocenters. The quantitative estimate of drug-likeness (QED) is 0.700. The van der Waals surface area contributed by atoms with Gasteiger partial charge in [0.05, 0.1) is 36.4 Å². The molecule has 10 heteroatoms. The summed E-state index contributed by atoms with van der Waals surface area (Å²) in [6.45, 7) is 4.20. The summed E-state index contributed by atoms with van der Waals surface area (Å²) in [4.78, 5) is 17.7. The normalized spacial score (nSPS) is 19.0. The van der Waals surface area contributed by atoms with Crippen molar-refractivity contribution in [1.82, 2.24) is 25.0 Å². The fourth-order valence-corrected chi connectivity index (χ4v) is 3.79. The fourth-order valence-electron chi connectivity index (χ4n) is 3.58. The van der Waals surface area contributed by atoms with Crippen molar-refractivity contribution in [1.29, 1.82) is 0 Å². The molecule has 1 aliphatic rings. The van der Waals surface area contributed by atoms with E-state index in [4.69, 9.17) is 16.3 Å². The molecular weight excluding hydrogens is 399 g/mol. The summed E-state index contributed by atoms with van der Waals surface area (Å²) < 4.78 is 22.4. The first-order valence-electron chi connectivity index (χ1n) is 9.10. The van der Waals surface area contributed by atoms with E-state index in [9.17, 15) is 9.18 Å². The van der Waals surface area contributed by atoms with Crippen LogP contribution in [0.15, 0.2) is 29.3 Å². The van der Waals surface area contributed by atoms with Gasteiger partial charge in [-0.2, -0.15) is 10.2 Å². The van der Waals surface area contributed by atoms with Gasteiger partial charge in [-0.15, -0.1) is 0 Å². The minimum absolute atomic E-state index is 0.0124. The molecule has 0 saturated carbocycles. The molecule has 0 bridgehead atoms. The number of rotatable bonds is 4. The van der Waals surface area contributed by atoms with Gasteiger partial charge in [0, 0.05) is 30.6 Å². The van der Waals surface area contributed by atoms with Crippen LogP contribution in [0.25, 0.3) is 11.3 Å². The smallest absolute Gasteiger partial charge is 0.285 e. The van der Waals surface area contributed by atoms with Crippen LogP contribution in [0, 0.1) is 13.8 Å². The monoisotopic (exact) mass is 418 g/mol. The van der Waals surface area contributed by atoms with Gasteiger partial charge in [0.1, 0.15) is 16.9 Å². The van der Waals surface area contributed by atoms with Crippen molar-refractivity contribution < 1.29 is 9.13 Å². The number of aromatic nitrogens is 5. The molecular formula is C19H20ClFN6O2. The van der Waals surface area contributed by atoms with Crippen LogP contribution < -0.4 is 15.2 Å². The average Bonchev–Trinajstić information content (AvgIpc) is 3.16. The summed E-state index contributed by atoms with van der Waals surface area (Å²) in [5, 5.41) is 10.4. The summed E-state index contributed by atoms with van der Waals surface area (Å²) in [7, 11) is 1.88. The second-order valence-electron chi connectivity index (χ2n) is 7.02. The molecule has 3 aromatic heterocycles. The maximum Gasteiger partial charge on any atom is 0.285 e. The largest absolute Gasteiger partial charge is 0.485 e. The van der Waals surface area contributed by atoms with E-state index in [1.807, 2.05) is 20.9 Å². The van der Waals surface area contributed by atoms with Crippen LogP contribution in [0.3, 0.4) is 0 Å². The van der Waals surface area contributed by atoms with Crippen LogP contribution in [0.5, 0.6) is 5.75 Å². The molecule has 2 atom stereocenters. The Kier molecular flexibility index (Phi) is 4.99. The summed E-state index contributed by atoms with van der Waals surface area (Å²) >= 11 is 6.04. The predicted molar refractivity (Wildman–Crippen MR) is 107 cm³/mol. The molecule has 0 spiro atoms. The lowest BCUT2D eigenvalue weighted by Crippen LogP contribution is -2.28. The number of H-pyrrole nitrogens is 1. The number of halogens is 2. The summed E-state index contributed by atoms with van der Waals surface area (Å²) in [5.41, 5.74) is 3.38. The van der Waals surface area contributed by atoms with Gasteiger partial charge in [-0.05, 0) is 19.9 Å². The second-order valence-corrected chi connectivity index (χ2v) is 7.40. The van der Waals surface area contributed by atoms with Gasteiger partial charge in [0.25, 0.3) is 5.56 Å². The van der Waals surface area contributed by atoms with Crippen LogP contribution in [-0.2, 0) is 7.05 Å². The molecule has 0 amide bonds. The number of ether oxygens (including phenoxy) is 1. The van der Waals surface area contributed by atoms with Crippen LogP contribution in [-0.4, -0.2) is 50.3 Å². The number of aromatic amines is 1. The van der Waals surface area contributed by atoms with Gasteiger partial charge >= 0.3 is 0 Å². The lowest BCUT2D eigenvalue weighted by Gasteiger charge is -2.19. The van der Waals surface area contributed by atoms with E-state index in [1.54, 1.807) is 27.9 Å². The molecule has 4 rings (SSSR count). The van der Waals surface area contributed by atoms with Crippen LogP contribution in [0.2, 0.25) is 5.02 Å². The van der Waals surface area contributed by atoms with Gasteiger partial charge in [0.15, 0.2) is 6.17 Å². The highest BCUT2D eigenvalue weighted by molar-refractivity contribution is 6.33. The lowest BCUT2D eigenvalue weighted by molar-refractivity contribution is 0.140. The van der Waals surface area contributed by atoms with Gasteiger partial charge < -0.3 is 9.64 Å². The number of hydrogen-bond donors (Lipinski definition) is 1. The fraction of sp³-hybridized carbons (Fsp3) is 0.368. The molecule has 1 saturated heterocycles. The molecule has 0 radical (unpaired) electrons. The number of nitrogens with zero attached hydrogens (tertiary/aromatic N) is 5. The molecule has 0 aliphatic carbocycles. The van der Waals surface area contributed by atoms with E-state index in [0.29, 0.717) is 11.4 Å². The highest BCUT2D eigenvalue weighted by atomic mass is 35.5. The minimum atomic E-state index is -1.25. The zero-order valence-corrected chi connectivity index (χ0v) is 16.9. The van der Waals surface area contributed by atoms with E-state index in [0.717, 1.165) is 22.6 Å². The van der Waals surface area contributed by atoms with Crippen LogP contribution in [0.4, 0.5) is 10.1 Å². The highest BCUT2D eigenvalue weighted by Gasteiger charge is 2.36. The zero-order chi connectivity index (χ0) is 20.7. The van der Waals surface area contributed by atoms with Crippen LogP contribution >= 0.6 is 11.6 Å². The molecule has 4 heterocycles. The molecule has 1 N–H and O–H groups in total. The average molecular weight is 419 g/mol. The first kappa shape index (κ1) is 19.4. The number of aryl methyl sites for hydroxylation is 2. The standard InChI is InChI=1S/C19H20ClFN6O2/c1-10-17(11(2)26(3)25-10)14-6-12(4-5-22-14)29-16-9-27(8-13(16)21)15-7-23-24-19(28)18(15)20/h4-7,13,16H,8-9H2,1-3H3,(H,24,28)/t13-,16-/m0/s1. The van der Waals surface area contributed by atoms with E-state index in [2.05, 4.69) is 20.3 Å². The third kappa shape index (κ3) is 3.57. The van der Waals surface area contributed by atoms with E-state index in [-0.39, 0.29) is 18.1 Å². The topological polar surface area (TPSA) is 88.9 Å². The van der Waals surface area contributed by atoms with Gasteiger partial charge in [-0.25, -0.2) is 9.49 Å².